The van der Waals surface area contributed by atoms with Gasteiger partial charge in [0.05, 0.1) is 13.1 Å². The number of amides is 1. The molecule has 2 rings (SSSR count). The molecule has 0 fully saturated rings. The molecule has 0 atom stereocenters. The summed E-state index contributed by atoms with van der Waals surface area (Å²) in [4.78, 5) is 25.3. The van der Waals surface area contributed by atoms with Crippen molar-refractivity contribution in [1.82, 2.24) is 5.32 Å². The Balaban J connectivity index is 2.12. The van der Waals surface area contributed by atoms with Crippen LogP contribution in [0.25, 0.3) is 0 Å². The Hall–Kier alpha value is -2.28. The number of benzene rings is 1. The van der Waals surface area contributed by atoms with Crippen LogP contribution in [0.4, 0.5) is 5.69 Å². The van der Waals surface area contributed by atoms with E-state index < -0.39 is 0 Å². The molecule has 0 saturated heterocycles. The second kappa shape index (κ2) is 5.37. The summed E-state index contributed by atoms with van der Waals surface area (Å²) in [6, 6.07) is 7.35. The van der Waals surface area contributed by atoms with Crippen LogP contribution in [-0.4, -0.2) is 31.3 Å². The first-order valence-electron chi connectivity index (χ1n) is 5.79. The van der Waals surface area contributed by atoms with Crippen molar-refractivity contribution >= 4 is 17.4 Å². The topological polar surface area (TPSA) is 49.4 Å². The molecule has 0 saturated carbocycles. The molecule has 1 aliphatic heterocycles. The van der Waals surface area contributed by atoms with Crippen molar-refractivity contribution in [3.05, 3.63) is 29.8 Å². The first kappa shape index (κ1) is 12.2. The second-order valence-corrected chi connectivity index (χ2v) is 4.09. The number of terminal acetylenes is 1. The molecule has 0 aliphatic carbocycles. The minimum absolute atomic E-state index is 0.128. The molecular formula is C14H14N2O2. The van der Waals surface area contributed by atoms with E-state index in [1.54, 1.807) is 6.07 Å². The summed E-state index contributed by atoms with van der Waals surface area (Å²) in [6.07, 6.45) is 5.53. The minimum Gasteiger partial charge on any atom is -0.361 e. The molecule has 0 unspecified atom stereocenters. The molecule has 0 spiro atoms. The Morgan fingerprint density at radius 2 is 2.22 bits per heavy atom. The summed E-state index contributed by atoms with van der Waals surface area (Å²) in [7, 11) is 0. The van der Waals surface area contributed by atoms with Gasteiger partial charge in [-0.1, -0.05) is 18.1 Å². The largest absolute Gasteiger partial charge is 0.361 e. The maximum atomic E-state index is 11.7. The van der Waals surface area contributed by atoms with E-state index in [1.807, 2.05) is 23.1 Å². The fourth-order valence-corrected chi connectivity index (χ4v) is 2.02. The van der Waals surface area contributed by atoms with Gasteiger partial charge >= 0.3 is 0 Å². The predicted octanol–water partition coefficient (Wildman–Crippen LogP) is 0.829. The number of carbonyl (C=O) groups is 2. The summed E-state index contributed by atoms with van der Waals surface area (Å²) in [5.41, 5.74) is 1.51. The lowest BCUT2D eigenvalue weighted by molar-refractivity contribution is -0.119. The highest BCUT2D eigenvalue weighted by molar-refractivity contribution is 6.03. The molecule has 4 heteroatoms. The molecule has 1 aromatic rings. The molecule has 0 bridgehead atoms. The lowest BCUT2D eigenvalue weighted by atomic mass is 10.0. The zero-order valence-corrected chi connectivity index (χ0v) is 9.98. The van der Waals surface area contributed by atoms with E-state index in [4.69, 9.17) is 6.42 Å². The molecule has 1 amide bonds. The summed E-state index contributed by atoms with van der Waals surface area (Å²) in [5.74, 6) is 2.36. The Labute approximate surface area is 106 Å². The molecule has 92 valence electrons. The molecule has 0 aromatic heterocycles. The molecule has 0 radical (unpaired) electrons. The van der Waals surface area contributed by atoms with E-state index in [0.717, 1.165) is 5.69 Å². The number of anilines is 1. The first-order valence-corrected chi connectivity index (χ1v) is 5.79. The van der Waals surface area contributed by atoms with Crippen molar-refractivity contribution in [3.8, 4) is 12.3 Å². The zero-order valence-electron chi connectivity index (χ0n) is 9.98. The van der Waals surface area contributed by atoms with Crippen LogP contribution in [0.15, 0.2) is 24.3 Å². The van der Waals surface area contributed by atoms with Gasteiger partial charge in [-0.3, -0.25) is 9.59 Å². The van der Waals surface area contributed by atoms with Gasteiger partial charge in [0.2, 0.25) is 5.91 Å². The van der Waals surface area contributed by atoms with Crippen LogP contribution in [-0.2, 0) is 4.79 Å². The number of rotatable bonds is 3. The molecule has 1 heterocycles. The SMILES string of the molecule is C#CCNC(=O)CN1CCC(=O)c2ccccc21. The van der Waals surface area contributed by atoms with Crippen molar-refractivity contribution in [1.29, 1.82) is 0 Å². The fraction of sp³-hybridized carbons (Fsp3) is 0.286. The third kappa shape index (κ3) is 2.51. The van der Waals surface area contributed by atoms with Gasteiger partial charge in [0.25, 0.3) is 0 Å². The van der Waals surface area contributed by atoms with Gasteiger partial charge in [0.1, 0.15) is 0 Å². The third-order valence-corrected chi connectivity index (χ3v) is 2.88. The summed E-state index contributed by atoms with van der Waals surface area (Å²) in [6.45, 7) is 1.03. The Kier molecular flexibility index (Phi) is 3.63. The van der Waals surface area contributed by atoms with Gasteiger partial charge in [0.15, 0.2) is 5.78 Å². The molecule has 1 aromatic carbocycles. The molecule has 1 aliphatic rings. The van der Waals surface area contributed by atoms with Gasteiger partial charge in [-0.25, -0.2) is 0 Å². The summed E-state index contributed by atoms with van der Waals surface area (Å²) >= 11 is 0. The van der Waals surface area contributed by atoms with E-state index in [9.17, 15) is 9.59 Å². The Bertz CT molecular complexity index is 517. The van der Waals surface area contributed by atoms with Crippen molar-refractivity contribution in [3.63, 3.8) is 0 Å². The van der Waals surface area contributed by atoms with E-state index >= 15 is 0 Å². The highest BCUT2D eigenvalue weighted by atomic mass is 16.2. The van der Waals surface area contributed by atoms with E-state index in [0.29, 0.717) is 18.5 Å². The molecular weight excluding hydrogens is 228 g/mol. The summed E-state index contributed by atoms with van der Waals surface area (Å²) < 4.78 is 0. The number of Topliss-reactive ketones (excluding diaryl/α,β-unsaturated/α-hetero) is 1. The number of hydrogen-bond donors (Lipinski definition) is 1. The predicted molar refractivity (Wildman–Crippen MR) is 69.4 cm³/mol. The van der Waals surface area contributed by atoms with E-state index in [-0.39, 0.29) is 24.8 Å². The zero-order chi connectivity index (χ0) is 13.0. The standard InChI is InChI=1S/C14H14N2O2/c1-2-8-15-14(18)10-16-9-7-13(17)11-5-3-4-6-12(11)16/h1,3-6H,7-10H2,(H,15,18). The normalized spacial score (nSPS) is 13.7. The van der Waals surface area contributed by atoms with Crippen LogP contribution in [0.1, 0.15) is 16.8 Å². The number of nitrogens with zero attached hydrogens (tertiary/aromatic N) is 1. The van der Waals surface area contributed by atoms with Crippen molar-refractivity contribution in [2.75, 3.05) is 24.5 Å². The monoisotopic (exact) mass is 242 g/mol. The smallest absolute Gasteiger partial charge is 0.240 e. The third-order valence-electron chi connectivity index (χ3n) is 2.88. The van der Waals surface area contributed by atoms with Gasteiger partial charge in [-0.2, -0.15) is 0 Å². The van der Waals surface area contributed by atoms with Crippen molar-refractivity contribution in [2.24, 2.45) is 0 Å². The van der Waals surface area contributed by atoms with Crippen LogP contribution in [0, 0.1) is 12.3 Å². The van der Waals surface area contributed by atoms with Crippen LogP contribution in [0.3, 0.4) is 0 Å². The van der Waals surface area contributed by atoms with E-state index in [1.165, 1.54) is 0 Å². The first-order chi connectivity index (χ1) is 8.72. The fourth-order valence-electron chi connectivity index (χ4n) is 2.02. The van der Waals surface area contributed by atoms with Gasteiger partial charge < -0.3 is 10.2 Å². The molecule has 4 nitrogen and oxygen atoms in total. The number of hydrogen-bond acceptors (Lipinski definition) is 3. The molecule has 1 N–H and O–H groups in total. The maximum absolute atomic E-state index is 11.7. The van der Waals surface area contributed by atoms with Gasteiger partial charge in [-0.05, 0) is 12.1 Å². The highest BCUT2D eigenvalue weighted by Crippen LogP contribution is 2.26. The number of para-hydroxylation sites is 1. The van der Waals surface area contributed by atoms with Gasteiger partial charge in [-0.15, -0.1) is 6.42 Å². The van der Waals surface area contributed by atoms with Crippen LogP contribution in [0.5, 0.6) is 0 Å². The number of nitrogens with one attached hydrogen (secondary N) is 1. The number of carbonyl (C=O) groups excluding carboxylic acids is 2. The average Bonchev–Trinajstić information content (AvgIpc) is 2.40. The van der Waals surface area contributed by atoms with Gasteiger partial charge in [0, 0.05) is 24.2 Å². The lowest BCUT2D eigenvalue weighted by Crippen LogP contribution is -2.41. The van der Waals surface area contributed by atoms with E-state index in [2.05, 4.69) is 11.2 Å². The minimum atomic E-state index is -0.128. The number of ketones is 1. The van der Waals surface area contributed by atoms with Crippen molar-refractivity contribution < 1.29 is 9.59 Å². The van der Waals surface area contributed by atoms with Crippen LogP contribution in [0.2, 0.25) is 0 Å². The quantitative estimate of drug-likeness (QED) is 0.799. The Morgan fingerprint density at radius 1 is 1.44 bits per heavy atom. The Morgan fingerprint density at radius 3 is 3.00 bits per heavy atom. The molecule has 18 heavy (non-hydrogen) atoms. The highest BCUT2D eigenvalue weighted by Gasteiger charge is 2.23. The van der Waals surface area contributed by atoms with Crippen molar-refractivity contribution in [2.45, 2.75) is 6.42 Å². The number of fused-ring (bicyclic) bond motifs is 1. The lowest BCUT2D eigenvalue weighted by Gasteiger charge is -2.29. The maximum Gasteiger partial charge on any atom is 0.240 e. The van der Waals surface area contributed by atoms with Crippen LogP contribution >= 0.6 is 0 Å². The second-order valence-electron chi connectivity index (χ2n) is 4.09. The average molecular weight is 242 g/mol. The van der Waals surface area contributed by atoms with Crippen LogP contribution < -0.4 is 10.2 Å². The summed E-state index contributed by atoms with van der Waals surface area (Å²) in [5, 5.41) is 2.62.